The molecule has 2 aromatic carbocycles. The molecule has 3 aromatic rings. The van der Waals surface area contributed by atoms with Gasteiger partial charge in [-0.15, -0.1) is 0 Å². The molecule has 0 aliphatic carbocycles. The van der Waals surface area contributed by atoms with Crippen molar-refractivity contribution in [3.8, 4) is 23.0 Å². The van der Waals surface area contributed by atoms with Gasteiger partial charge in [-0.3, -0.25) is 0 Å². The van der Waals surface area contributed by atoms with E-state index in [4.69, 9.17) is 9.47 Å². The van der Waals surface area contributed by atoms with Crippen molar-refractivity contribution in [1.82, 2.24) is 4.57 Å². The maximum atomic E-state index is 12.7. The number of methoxy groups -OCH3 is 2. The Morgan fingerprint density at radius 2 is 1.34 bits per heavy atom. The van der Waals surface area contributed by atoms with E-state index in [1.54, 1.807) is 89.0 Å². The second kappa shape index (κ2) is 10.5. The zero-order valence-electron chi connectivity index (χ0n) is 18.2. The van der Waals surface area contributed by atoms with Gasteiger partial charge in [0.15, 0.2) is 0 Å². The summed E-state index contributed by atoms with van der Waals surface area (Å²) in [7, 11) is 6.46. The van der Waals surface area contributed by atoms with Crippen molar-refractivity contribution in [3.05, 3.63) is 75.5 Å². The van der Waals surface area contributed by atoms with Gasteiger partial charge in [0.05, 0.1) is 28.3 Å². The fourth-order valence-electron chi connectivity index (χ4n) is 3.05. The molecule has 3 rings (SSSR count). The largest absolute Gasteiger partial charge is 1.00 e. The molecule has 0 bridgehead atoms. The summed E-state index contributed by atoms with van der Waals surface area (Å²) in [6.07, 6.45) is 6.93. The highest BCUT2D eigenvalue weighted by molar-refractivity contribution is 5.74. The van der Waals surface area contributed by atoms with E-state index in [1.807, 2.05) is 6.07 Å². The molecule has 32 heavy (non-hydrogen) atoms. The first-order chi connectivity index (χ1) is 14.8. The summed E-state index contributed by atoms with van der Waals surface area (Å²) in [5.74, 6) is 1.45. The standard InChI is InChI=1S/C24H24N2O5.ClH/c1-25-18(7-5-16-13-20(30-3)9-11-22(16)27)15-19(26(2)24(25)29)8-6-17-14-21(31-4)10-12-23(17)28;/h5-15H,1-4H3,(H,27,28);1H. The predicted molar refractivity (Wildman–Crippen MR) is 120 cm³/mol. The third-order valence-corrected chi connectivity index (χ3v) is 4.98. The van der Waals surface area contributed by atoms with Crippen LogP contribution in [0.4, 0.5) is 0 Å². The van der Waals surface area contributed by atoms with Crippen LogP contribution >= 0.6 is 0 Å². The van der Waals surface area contributed by atoms with Gasteiger partial charge in [0.25, 0.3) is 0 Å². The van der Waals surface area contributed by atoms with E-state index < -0.39 is 0 Å². The van der Waals surface area contributed by atoms with Gasteiger partial charge in [0.1, 0.15) is 34.4 Å². The zero-order chi connectivity index (χ0) is 22.5. The zero-order valence-corrected chi connectivity index (χ0v) is 19.0. The molecule has 0 spiro atoms. The number of aromatic hydroxyl groups is 2. The third-order valence-electron chi connectivity index (χ3n) is 4.98. The van der Waals surface area contributed by atoms with E-state index in [-0.39, 0.29) is 29.6 Å². The third kappa shape index (κ3) is 5.31. The Hall–Kier alpha value is -3.71. The summed E-state index contributed by atoms with van der Waals surface area (Å²) in [5.41, 5.74) is 2.20. The second-order valence-electron chi connectivity index (χ2n) is 6.91. The number of benzene rings is 2. The summed E-state index contributed by atoms with van der Waals surface area (Å²) in [6, 6.07) is 11.7. The maximum Gasteiger partial charge on any atom is 0.498 e. The summed E-state index contributed by atoms with van der Waals surface area (Å²) < 4.78 is 13.4. The van der Waals surface area contributed by atoms with Crippen LogP contribution < -0.4 is 32.1 Å². The molecule has 0 aliphatic heterocycles. The Kier molecular flexibility index (Phi) is 8.09. The van der Waals surface area contributed by atoms with E-state index in [2.05, 4.69) is 0 Å². The first-order valence-corrected chi connectivity index (χ1v) is 9.54. The van der Waals surface area contributed by atoms with Gasteiger partial charge in [-0.1, -0.05) is 0 Å². The summed E-state index contributed by atoms with van der Waals surface area (Å²) >= 11 is 0. The van der Waals surface area contributed by atoms with Crippen molar-refractivity contribution in [2.75, 3.05) is 14.2 Å². The number of phenolic OH excluding ortho intramolecular Hbond substituents is 2. The summed E-state index contributed by atoms with van der Waals surface area (Å²) in [4.78, 5) is 12.7. The molecule has 1 heterocycles. The van der Waals surface area contributed by atoms with Gasteiger partial charge >= 0.3 is 5.69 Å². The van der Waals surface area contributed by atoms with Crippen LogP contribution in [0.25, 0.3) is 24.3 Å². The Morgan fingerprint density at radius 1 is 0.844 bits per heavy atom. The van der Waals surface area contributed by atoms with Crippen LogP contribution in [-0.4, -0.2) is 29.0 Å². The molecule has 0 radical (unpaired) electrons. The lowest BCUT2D eigenvalue weighted by Crippen LogP contribution is -3.00. The molecule has 0 fully saturated rings. The highest BCUT2D eigenvalue weighted by Gasteiger charge is 2.13. The van der Waals surface area contributed by atoms with Gasteiger partial charge in [0, 0.05) is 17.2 Å². The molecule has 2 N–H and O–H groups in total. The number of phenols is 2. The van der Waals surface area contributed by atoms with Gasteiger partial charge in [-0.2, -0.15) is 13.9 Å². The molecule has 0 atom stereocenters. The number of rotatable bonds is 6. The van der Waals surface area contributed by atoms with E-state index in [0.717, 1.165) is 0 Å². The first kappa shape index (κ1) is 24.6. The van der Waals surface area contributed by atoms with Crippen LogP contribution in [-0.2, 0) is 14.1 Å². The number of aromatic nitrogens is 2. The molecule has 7 nitrogen and oxygen atoms in total. The van der Waals surface area contributed by atoms with Crippen LogP contribution in [0.2, 0.25) is 0 Å². The number of halogens is 1. The molecule has 8 heteroatoms. The van der Waals surface area contributed by atoms with Crippen molar-refractivity contribution in [2.45, 2.75) is 0 Å². The Bertz CT molecular complexity index is 1140. The lowest BCUT2D eigenvalue weighted by Gasteiger charge is -2.05. The number of hydrogen-bond acceptors (Lipinski definition) is 5. The van der Waals surface area contributed by atoms with E-state index in [0.29, 0.717) is 34.0 Å². The maximum absolute atomic E-state index is 12.7. The monoisotopic (exact) mass is 456 g/mol. The molecule has 168 valence electrons. The summed E-state index contributed by atoms with van der Waals surface area (Å²) in [6.45, 7) is 0. The molecule has 0 saturated carbocycles. The number of ether oxygens (including phenoxy) is 2. The van der Waals surface area contributed by atoms with Crippen LogP contribution in [0, 0.1) is 0 Å². The minimum absolute atomic E-state index is 0. The Labute approximate surface area is 192 Å². The fourth-order valence-corrected chi connectivity index (χ4v) is 3.05. The Morgan fingerprint density at radius 3 is 1.84 bits per heavy atom. The first-order valence-electron chi connectivity index (χ1n) is 9.54. The molecular weight excluding hydrogens is 432 g/mol. The van der Waals surface area contributed by atoms with Crippen molar-refractivity contribution in [1.29, 1.82) is 0 Å². The quantitative estimate of drug-likeness (QED) is 0.509. The van der Waals surface area contributed by atoms with Gasteiger partial charge in [0.2, 0.25) is 0 Å². The second-order valence-corrected chi connectivity index (χ2v) is 6.91. The predicted octanol–water partition coefficient (Wildman–Crippen LogP) is -0.0170. The summed E-state index contributed by atoms with van der Waals surface area (Å²) in [5, 5.41) is 20.2. The lowest BCUT2D eigenvalue weighted by atomic mass is 10.1. The molecular formula is C24H25ClN2O5. The average molecular weight is 457 g/mol. The van der Waals surface area contributed by atoms with E-state index in [9.17, 15) is 15.0 Å². The van der Waals surface area contributed by atoms with Crippen molar-refractivity contribution in [2.24, 2.45) is 14.1 Å². The minimum atomic E-state index is -0.216. The van der Waals surface area contributed by atoms with E-state index in [1.165, 1.54) is 9.13 Å². The molecule has 0 unspecified atom stereocenters. The van der Waals surface area contributed by atoms with Crippen molar-refractivity contribution < 1.29 is 36.7 Å². The van der Waals surface area contributed by atoms with Gasteiger partial charge in [-0.05, 0) is 60.7 Å². The molecule has 1 aromatic heterocycles. The smallest absolute Gasteiger partial charge is 0.498 e. The van der Waals surface area contributed by atoms with Crippen LogP contribution in [0.1, 0.15) is 22.5 Å². The van der Waals surface area contributed by atoms with Gasteiger partial charge in [-0.25, -0.2) is 0 Å². The minimum Gasteiger partial charge on any atom is -1.00 e. The van der Waals surface area contributed by atoms with Crippen molar-refractivity contribution >= 4 is 24.3 Å². The van der Waals surface area contributed by atoms with Crippen molar-refractivity contribution in [3.63, 3.8) is 0 Å². The van der Waals surface area contributed by atoms with Crippen LogP contribution in [0.5, 0.6) is 23.0 Å². The highest BCUT2D eigenvalue weighted by Crippen LogP contribution is 2.26. The van der Waals surface area contributed by atoms with Crippen LogP contribution in [0.3, 0.4) is 0 Å². The van der Waals surface area contributed by atoms with E-state index >= 15 is 0 Å². The molecule has 0 aliphatic rings. The topological polar surface area (TPSA) is 84.8 Å². The fraction of sp³-hybridized carbons (Fsp3) is 0.167. The highest BCUT2D eigenvalue weighted by atomic mass is 35.5. The molecule has 0 amide bonds. The normalized spacial score (nSPS) is 11.0. The number of nitrogens with zero attached hydrogens (tertiary/aromatic N) is 2. The molecule has 0 saturated heterocycles. The number of hydrogen-bond donors (Lipinski definition) is 2. The average Bonchev–Trinajstić information content (AvgIpc) is 2.78. The Balaban J connectivity index is 0.00000363. The SMILES string of the molecule is COc1ccc(O)c(C=Cc2cc(C=Cc3cc(OC)ccc3O)[n+](C)c(=O)n2C)c1.[Cl-]. The van der Waals surface area contributed by atoms with Gasteiger partial charge < -0.3 is 32.1 Å². The lowest BCUT2D eigenvalue weighted by molar-refractivity contribution is -0.692. The van der Waals surface area contributed by atoms with Crippen LogP contribution in [0.15, 0.2) is 47.3 Å².